The first-order chi connectivity index (χ1) is 10.5. The monoisotopic (exact) mass is 302 g/mol. The molecule has 0 spiro atoms. The lowest BCUT2D eigenvalue weighted by molar-refractivity contribution is -0.139. The Hall–Kier alpha value is -2.70. The van der Waals surface area contributed by atoms with Crippen molar-refractivity contribution in [3.63, 3.8) is 0 Å². The molecule has 0 unspecified atom stereocenters. The molecule has 0 aromatic carbocycles. The van der Waals surface area contributed by atoms with Crippen LogP contribution in [-0.2, 0) is 4.79 Å². The molecule has 22 heavy (non-hydrogen) atoms. The number of hydrogen-bond donors (Lipinski definition) is 2. The summed E-state index contributed by atoms with van der Waals surface area (Å²) in [6.07, 6.45) is 6.77. The van der Waals surface area contributed by atoms with E-state index in [-0.39, 0.29) is 5.92 Å². The number of carboxylic acid groups (broad SMARTS) is 1. The maximum absolute atomic E-state index is 12.2. The summed E-state index contributed by atoms with van der Waals surface area (Å²) >= 11 is 0. The van der Waals surface area contributed by atoms with Gasteiger partial charge in [-0.2, -0.15) is 0 Å². The summed E-state index contributed by atoms with van der Waals surface area (Å²) in [5.74, 6) is -0.760. The minimum Gasteiger partial charge on any atom is -0.480 e. The zero-order valence-electron chi connectivity index (χ0n) is 12.4. The van der Waals surface area contributed by atoms with E-state index in [1.165, 1.54) is 6.20 Å². The summed E-state index contributed by atoms with van der Waals surface area (Å²) in [5, 5.41) is 11.7. The van der Waals surface area contributed by atoms with Gasteiger partial charge in [-0.25, -0.2) is 14.8 Å². The molecule has 0 aliphatic heterocycles. The van der Waals surface area contributed by atoms with Crippen molar-refractivity contribution >= 4 is 11.9 Å². The van der Waals surface area contributed by atoms with Gasteiger partial charge >= 0.3 is 5.97 Å². The smallest absolute Gasteiger partial charge is 0.326 e. The number of carbonyl (C=O) groups is 2. The number of amides is 1. The van der Waals surface area contributed by atoms with Gasteiger partial charge in [-0.3, -0.25) is 9.36 Å². The van der Waals surface area contributed by atoms with Crippen LogP contribution in [0.25, 0.3) is 5.82 Å². The minimum absolute atomic E-state index is 0.167. The van der Waals surface area contributed by atoms with Crippen molar-refractivity contribution in [1.29, 1.82) is 0 Å². The highest BCUT2D eigenvalue weighted by Crippen LogP contribution is 2.09. The van der Waals surface area contributed by atoms with E-state index in [0.717, 1.165) is 0 Å². The zero-order chi connectivity index (χ0) is 16.1. The van der Waals surface area contributed by atoms with Crippen LogP contribution in [0.1, 0.15) is 30.6 Å². The number of imidazole rings is 1. The summed E-state index contributed by atoms with van der Waals surface area (Å²) in [6.45, 7) is 3.82. The fraction of sp³-hybridized carbons (Fsp3) is 0.333. The summed E-state index contributed by atoms with van der Waals surface area (Å²) in [4.78, 5) is 31.5. The van der Waals surface area contributed by atoms with Crippen LogP contribution < -0.4 is 5.32 Å². The summed E-state index contributed by atoms with van der Waals surface area (Å²) in [7, 11) is 0. The molecule has 2 aromatic rings. The lowest BCUT2D eigenvalue weighted by Crippen LogP contribution is -2.41. The molecule has 0 saturated heterocycles. The standard InChI is InChI=1S/C15H18N4O3/c1-10(2)7-12(15(21)22)18-14(20)11-3-4-17-13(8-11)19-6-5-16-9-19/h3-6,8-10,12H,7H2,1-2H3,(H,18,20)(H,21,22)/t12-/m0/s1. The van der Waals surface area contributed by atoms with Gasteiger partial charge < -0.3 is 10.4 Å². The van der Waals surface area contributed by atoms with Crippen LogP contribution in [0.4, 0.5) is 0 Å². The number of pyridine rings is 1. The first-order valence-electron chi connectivity index (χ1n) is 6.95. The Kier molecular flexibility index (Phi) is 4.88. The van der Waals surface area contributed by atoms with Gasteiger partial charge in [0.1, 0.15) is 18.2 Å². The first-order valence-corrected chi connectivity index (χ1v) is 6.95. The molecule has 0 aliphatic rings. The molecule has 0 bridgehead atoms. The van der Waals surface area contributed by atoms with Crippen molar-refractivity contribution in [3.05, 3.63) is 42.6 Å². The third-order valence-corrected chi connectivity index (χ3v) is 3.09. The SMILES string of the molecule is CC(C)C[C@H](NC(=O)c1ccnc(-n2ccnc2)c1)C(=O)O. The van der Waals surface area contributed by atoms with E-state index in [1.807, 2.05) is 13.8 Å². The van der Waals surface area contributed by atoms with Gasteiger partial charge in [0, 0.05) is 24.2 Å². The number of hydrogen-bond acceptors (Lipinski definition) is 4. The molecule has 2 aromatic heterocycles. The number of aliphatic carboxylic acids is 1. The Labute approximate surface area is 128 Å². The van der Waals surface area contributed by atoms with E-state index in [2.05, 4.69) is 15.3 Å². The van der Waals surface area contributed by atoms with Gasteiger partial charge in [0.2, 0.25) is 0 Å². The molecule has 116 valence electrons. The molecule has 1 amide bonds. The number of carbonyl (C=O) groups excluding carboxylic acids is 1. The summed E-state index contributed by atoms with van der Waals surface area (Å²) < 4.78 is 1.67. The fourth-order valence-electron chi connectivity index (χ4n) is 2.03. The van der Waals surface area contributed by atoms with Crippen LogP contribution >= 0.6 is 0 Å². The Balaban J connectivity index is 2.15. The third kappa shape index (κ3) is 3.91. The van der Waals surface area contributed by atoms with Crippen LogP contribution in [0.2, 0.25) is 0 Å². The van der Waals surface area contributed by atoms with E-state index in [1.54, 1.807) is 35.4 Å². The molecule has 7 nitrogen and oxygen atoms in total. The van der Waals surface area contributed by atoms with Crippen LogP contribution in [0.3, 0.4) is 0 Å². The summed E-state index contributed by atoms with van der Waals surface area (Å²) in [6, 6.07) is 2.23. The van der Waals surface area contributed by atoms with Crippen molar-refractivity contribution < 1.29 is 14.7 Å². The molecule has 0 fully saturated rings. The first kappa shape index (κ1) is 15.7. The second-order valence-corrected chi connectivity index (χ2v) is 5.37. The molecule has 2 rings (SSSR count). The van der Waals surface area contributed by atoms with Crippen LogP contribution in [0, 0.1) is 5.92 Å². The van der Waals surface area contributed by atoms with Crippen molar-refractivity contribution in [2.45, 2.75) is 26.3 Å². The number of nitrogens with one attached hydrogen (secondary N) is 1. The van der Waals surface area contributed by atoms with Crippen molar-refractivity contribution in [2.24, 2.45) is 5.92 Å². The highest BCUT2D eigenvalue weighted by atomic mass is 16.4. The van der Waals surface area contributed by atoms with Gasteiger partial charge in [0.05, 0.1) is 0 Å². The highest BCUT2D eigenvalue weighted by molar-refractivity contribution is 5.96. The maximum atomic E-state index is 12.2. The predicted molar refractivity (Wildman–Crippen MR) is 79.7 cm³/mol. The molecular weight excluding hydrogens is 284 g/mol. The molecule has 2 N–H and O–H groups in total. The van der Waals surface area contributed by atoms with Gasteiger partial charge in [0.15, 0.2) is 0 Å². The molecular formula is C15H18N4O3. The van der Waals surface area contributed by atoms with Gasteiger partial charge in [0.25, 0.3) is 5.91 Å². The Morgan fingerprint density at radius 2 is 2.14 bits per heavy atom. The predicted octanol–water partition coefficient (Wildman–Crippen LogP) is 1.50. The number of carboxylic acids is 1. The van der Waals surface area contributed by atoms with E-state index in [4.69, 9.17) is 0 Å². The largest absolute Gasteiger partial charge is 0.480 e. The second kappa shape index (κ2) is 6.84. The Bertz CT molecular complexity index is 653. The fourth-order valence-corrected chi connectivity index (χ4v) is 2.03. The topological polar surface area (TPSA) is 97.1 Å². The molecule has 2 heterocycles. The number of aromatic nitrogens is 3. The highest BCUT2D eigenvalue weighted by Gasteiger charge is 2.21. The summed E-state index contributed by atoms with van der Waals surface area (Å²) in [5.41, 5.74) is 0.355. The van der Waals surface area contributed by atoms with Crippen molar-refractivity contribution in [3.8, 4) is 5.82 Å². The van der Waals surface area contributed by atoms with Crippen LogP contribution in [0.15, 0.2) is 37.1 Å². The van der Waals surface area contributed by atoms with E-state index in [9.17, 15) is 14.7 Å². The lowest BCUT2D eigenvalue weighted by atomic mass is 10.0. The van der Waals surface area contributed by atoms with E-state index >= 15 is 0 Å². The molecule has 0 radical (unpaired) electrons. The third-order valence-electron chi connectivity index (χ3n) is 3.09. The lowest BCUT2D eigenvalue weighted by Gasteiger charge is -2.16. The van der Waals surface area contributed by atoms with E-state index < -0.39 is 17.9 Å². The second-order valence-electron chi connectivity index (χ2n) is 5.37. The zero-order valence-corrected chi connectivity index (χ0v) is 12.4. The normalized spacial score (nSPS) is 12.1. The quantitative estimate of drug-likeness (QED) is 0.842. The van der Waals surface area contributed by atoms with Crippen molar-refractivity contribution in [2.75, 3.05) is 0 Å². The molecule has 1 atom stereocenters. The van der Waals surface area contributed by atoms with Gasteiger partial charge in [-0.1, -0.05) is 13.8 Å². The van der Waals surface area contributed by atoms with Crippen LogP contribution in [-0.4, -0.2) is 37.6 Å². The molecule has 7 heteroatoms. The Morgan fingerprint density at radius 1 is 1.36 bits per heavy atom. The average Bonchev–Trinajstić information content (AvgIpc) is 3.00. The minimum atomic E-state index is -1.04. The molecule has 0 aliphatic carbocycles. The number of nitrogens with zero attached hydrogens (tertiary/aromatic N) is 3. The number of rotatable bonds is 6. The Morgan fingerprint density at radius 3 is 2.73 bits per heavy atom. The molecule has 0 saturated carbocycles. The van der Waals surface area contributed by atoms with E-state index in [0.29, 0.717) is 17.8 Å². The van der Waals surface area contributed by atoms with Gasteiger partial charge in [-0.05, 0) is 24.5 Å². The van der Waals surface area contributed by atoms with Crippen LogP contribution in [0.5, 0.6) is 0 Å². The van der Waals surface area contributed by atoms with Crippen molar-refractivity contribution in [1.82, 2.24) is 19.9 Å². The maximum Gasteiger partial charge on any atom is 0.326 e. The average molecular weight is 302 g/mol. The van der Waals surface area contributed by atoms with Gasteiger partial charge in [-0.15, -0.1) is 0 Å².